The number of hydrogen-bond acceptors (Lipinski definition) is 5. The molecule has 0 unspecified atom stereocenters. The van der Waals surface area contributed by atoms with Crippen LogP contribution in [0.15, 0.2) is 72.8 Å². The van der Waals surface area contributed by atoms with Crippen molar-refractivity contribution >= 4 is 43.8 Å². The van der Waals surface area contributed by atoms with Gasteiger partial charge in [0.05, 0.1) is 10.2 Å². The molecule has 0 aliphatic carbocycles. The number of aryl methyl sites for hydroxylation is 2. The molecular formula is C30H27N3OS2. The van der Waals surface area contributed by atoms with Gasteiger partial charge in [-0.15, -0.1) is 22.7 Å². The summed E-state index contributed by atoms with van der Waals surface area (Å²) in [7, 11) is 0. The minimum atomic E-state index is -0.0658. The second-order valence-corrected chi connectivity index (χ2v) is 11.6. The van der Waals surface area contributed by atoms with E-state index in [0.29, 0.717) is 5.56 Å². The highest BCUT2D eigenvalue weighted by atomic mass is 32.1. The highest BCUT2D eigenvalue weighted by molar-refractivity contribution is 7.23. The summed E-state index contributed by atoms with van der Waals surface area (Å²) in [5.74, 6) is -0.0658. The second kappa shape index (κ2) is 9.62. The number of para-hydroxylation sites is 1. The van der Waals surface area contributed by atoms with Crippen LogP contribution in [0.2, 0.25) is 0 Å². The maximum absolute atomic E-state index is 13.4. The van der Waals surface area contributed by atoms with Crippen molar-refractivity contribution in [2.45, 2.75) is 33.4 Å². The zero-order valence-electron chi connectivity index (χ0n) is 20.4. The lowest BCUT2D eigenvalue weighted by Crippen LogP contribution is -2.29. The van der Waals surface area contributed by atoms with E-state index >= 15 is 0 Å². The smallest absolute Gasteiger partial charge is 0.256 e. The summed E-state index contributed by atoms with van der Waals surface area (Å²) in [6.45, 7) is 6.86. The number of amides is 1. The molecule has 0 spiro atoms. The molecule has 3 heterocycles. The fourth-order valence-corrected chi connectivity index (χ4v) is 7.40. The molecule has 0 saturated heterocycles. The van der Waals surface area contributed by atoms with E-state index in [1.165, 1.54) is 20.7 Å². The van der Waals surface area contributed by atoms with Crippen LogP contribution in [0.25, 0.3) is 20.8 Å². The van der Waals surface area contributed by atoms with Crippen LogP contribution in [-0.4, -0.2) is 22.3 Å². The number of anilines is 1. The van der Waals surface area contributed by atoms with Gasteiger partial charge in [-0.1, -0.05) is 59.7 Å². The van der Waals surface area contributed by atoms with Crippen molar-refractivity contribution in [3.05, 3.63) is 105 Å². The van der Waals surface area contributed by atoms with Crippen molar-refractivity contribution in [3.63, 3.8) is 0 Å². The summed E-state index contributed by atoms with van der Waals surface area (Å²) in [4.78, 5) is 22.2. The molecular weight excluding hydrogens is 482 g/mol. The van der Waals surface area contributed by atoms with Crippen LogP contribution in [-0.2, 0) is 19.5 Å². The van der Waals surface area contributed by atoms with Crippen molar-refractivity contribution in [1.82, 2.24) is 9.88 Å². The molecule has 1 N–H and O–H groups in total. The van der Waals surface area contributed by atoms with Crippen LogP contribution in [0.5, 0.6) is 0 Å². The van der Waals surface area contributed by atoms with Gasteiger partial charge in [0, 0.05) is 35.6 Å². The minimum absolute atomic E-state index is 0.0658. The van der Waals surface area contributed by atoms with Crippen LogP contribution in [0, 0.1) is 13.8 Å². The summed E-state index contributed by atoms with van der Waals surface area (Å²) >= 11 is 3.41. The maximum Gasteiger partial charge on any atom is 0.256 e. The molecule has 0 fully saturated rings. The van der Waals surface area contributed by atoms with E-state index in [9.17, 15) is 4.79 Å². The number of nitrogens with one attached hydrogen (secondary N) is 1. The Balaban J connectivity index is 1.38. The number of aromatic nitrogens is 1. The number of carbonyl (C=O) groups excluding carboxylic acids is 1. The monoisotopic (exact) mass is 509 g/mol. The average Bonchev–Trinajstić information content (AvgIpc) is 3.44. The lowest BCUT2D eigenvalue weighted by Gasteiger charge is -2.27. The number of thiazole rings is 1. The zero-order valence-corrected chi connectivity index (χ0v) is 22.0. The van der Waals surface area contributed by atoms with Gasteiger partial charge in [0.15, 0.2) is 0 Å². The van der Waals surface area contributed by atoms with E-state index in [2.05, 4.69) is 64.8 Å². The van der Waals surface area contributed by atoms with Crippen molar-refractivity contribution in [2.75, 3.05) is 11.9 Å². The zero-order chi connectivity index (χ0) is 24.6. The molecule has 1 aliphatic heterocycles. The van der Waals surface area contributed by atoms with E-state index in [1.54, 1.807) is 22.7 Å². The SMILES string of the molecule is Cc1cc(C)cc(C(=O)Nc2sc3c(c2-c2nc4ccccc4s2)CCN(Cc2ccccc2)C3)c1. The first-order valence-corrected chi connectivity index (χ1v) is 13.8. The molecule has 1 aliphatic rings. The number of rotatable bonds is 5. The predicted molar refractivity (Wildman–Crippen MR) is 151 cm³/mol. The second-order valence-electron chi connectivity index (χ2n) is 9.47. The van der Waals surface area contributed by atoms with E-state index in [0.717, 1.165) is 58.3 Å². The fraction of sp³-hybridized carbons (Fsp3) is 0.200. The normalized spacial score (nSPS) is 13.6. The van der Waals surface area contributed by atoms with Gasteiger partial charge in [0.2, 0.25) is 0 Å². The highest BCUT2D eigenvalue weighted by Crippen LogP contribution is 2.46. The molecule has 2 aromatic heterocycles. The van der Waals surface area contributed by atoms with Gasteiger partial charge in [-0.2, -0.15) is 0 Å². The van der Waals surface area contributed by atoms with Crippen LogP contribution < -0.4 is 5.32 Å². The number of benzene rings is 3. The van der Waals surface area contributed by atoms with Crippen LogP contribution in [0.1, 0.15) is 37.5 Å². The summed E-state index contributed by atoms with van der Waals surface area (Å²) in [5, 5.41) is 5.17. The van der Waals surface area contributed by atoms with Crippen molar-refractivity contribution in [2.24, 2.45) is 0 Å². The molecule has 4 nitrogen and oxygen atoms in total. The standard InChI is InChI=1S/C30H27N3OS2/c1-19-14-20(2)16-22(15-19)28(34)32-30-27(29-31-24-10-6-7-11-25(24)35-29)23-12-13-33(18-26(23)36-30)17-21-8-4-3-5-9-21/h3-11,14-16H,12-13,17-18H2,1-2H3,(H,32,34). The molecule has 0 bridgehead atoms. The molecule has 1 amide bonds. The first-order chi connectivity index (χ1) is 17.5. The minimum Gasteiger partial charge on any atom is -0.313 e. The van der Waals surface area contributed by atoms with Crippen LogP contribution >= 0.6 is 22.7 Å². The largest absolute Gasteiger partial charge is 0.313 e. The van der Waals surface area contributed by atoms with Gasteiger partial charge >= 0.3 is 0 Å². The van der Waals surface area contributed by atoms with Gasteiger partial charge < -0.3 is 5.32 Å². The summed E-state index contributed by atoms with van der Waals surface area (Å²) in [6, 6.07) is 24.9. The van der Waals surface area contributed by atoms with Crippen molar-refractivity contribution in [1.29, 1.82) is 0 Å². The summed E-state index contributed by atoms with van der Waals surface area (Å²) in [6.07, 6.45) is 0.948. The van der Waals surface area contributed by atoms with E-state index in [4.69, 9.17) is 4.98 Å². The van der Waals surface area contributed by atoms with Gasteiger partial charge in [0.25, 0.3) is 5.91 Å². The Bertz CT molecular complexity index is 1510. The number of nitrogens with zero attached hydrogens (tertiary/aromatic N) is 2. The van der Waals surface area contributed by atoms with Gasteiger partial charge in [-0.05, 0) is 55.7 Å². The van der Waals surface area contributed by atoms with E-state index in [-0.39, 0.29) is 5.91 Å². The van der Waals surface area contributed by atoms with E-state index < -0.39 is 0 Å². The molecule has 0 radical (unpaired) electrons. The fourth-order valence-electron chi connectivity index (χ4n) is 5.01. The number of thiophene rings is 1. The molecule has 0 atom stereocenters. The Labute approximate surface area is 219 Å². The average molecular weight is 510 g/mol. The van der Waals surface area contributed by atoms with Crippen molar-refractivity contribution < 1.29 is 4.79 Å². The molecule has 180 valence electrons. The molecule has 0 saturated carbocycles. The Kier molecular flexibility index (Phi) is 6.17. The molecule has 5 aromatic rings. The molecule has 36 heavy (non-hydrogen) atoms. The third-order valence-electron chi connectivity index (χ3n) is 6.60. The predicted octanol–water partition coefficient (Wildman–Crippen LogP) is 7.45. The molecule has 6 heteroatoms. The number of hydrogen-bond donors (Lipinski definition) is 1. The highest BCUT2D eigenvalue weighted by Gasteiger charge is 2.28. The Morgan fingerprint density at radius 2 is 1.72 bits per heavy atom. The van der Waals surface area contributed by atoms with Gasteiger partial charge in [0.1, 0.15) is 10.0 Å². The summed E-state index contributed by atoms with van der Waals surface area (Å²) in [5.41, 5.74) is 7.65. The summed E-state index contributed by atoms with van der Waals surface area (Å²) < 4.78 is 1.17. The quantitative estimate of drug-likeness (QED) is 0.268. The maximum atomic E-state index is 13.4. The van der Waals surface area contributed by atoms with Crippen molar-refractivity contribution in [3.8, 4) is 10.6 Å². The third kappa shape index (κ3) is 4.60. The Morgan fingerprint density at radius 1 is 0.972 bits per heavy atom. The van der Waals surface area contributed by atoms with Gasteiger partial charge in [-0.3, -0.25) is 9.69 Å². The third-order valence-corrected chi connectivity index (χ3v) is 8.79. The molecule has 6 rings (SSSR count). The van der Waals surface area contributed by atoms with Gasteiger partial charge in [-0.25, -0.2) is 4.98 Å². The van der Waals surface area contributed by atoms with E-state index in [1.807, 2.05) is 32.0 Å². The Morgan fingerprint density at radius 3 is 2.50 bits per heavy atom. The first-order valence-electron chi connectivity index (χ1n) is 12.2. The lowest BCUT2D eigenvalue weighted by molar-refractivity contribution is 0.102. The number of fused-ring (bicyclic) bond motifs is 2. The topological polar surface area (TPSA) is 45.2 Å². The molecule has 3 aromatic carbocycles. The van der Waals surface area contributed by atoms with Crippen LogP contribution in [0.3, 0.4) is 0 Å². The first kappa shape index (κ1) is 23.1. The lowest BCUT2D eigenvalue weighted by atomic mass is 10.0. The Hall–Kier alpha value is -3.32. The van der Waals surface area contributed by atoms with Crippen LogP contribution in [0.4, 0.5) is 5.00 Å². The number of carbonyl (C=O) groups is 1.